The lowest BCUT2D eigenvalue weighted by atomic mass is 9.89. The molecule has 0 saturated carbocycles. The molecule has 7 aliphatic rings. The Morgan fingerprint density at radius 2 is 1.40 bits per heavy atom. The molecule has 11 rings (SSSR count). The summed E-state index contributed by atoms with van der Waals surface area (Å²) in [4.78, 5) is 136. The highest BCUT2D eigenvalue weighted by atomic mass is 35.5. The van der Waals surface area contributed by atoms with Crippen molar-refractivity contribution in [1.82, 2.24) is 57.7 Å². The van der Waals surface area contributed by atoms with Crippen molar-refractivity contribution in [2.24, 2.45) is 11.8 Å². The maximum Gasteiger partial charge on any atom is 0.321 e. The molecule has 9 amide bonds. The van der Waals surface area contributed by atoms with Gasteiger partial charge in [-0.3, -0.25) is 38.9 Å². The number of aromatic hydroxyl groups is 3. The number of aryl methyl sites for hydroxylation is 1. The number of likely N-dealkylation sites (N-methyl/N-ethyl adjacent to an activating group) is 3. The number of benzene rings is 4. The molecule has 4 aromatic carbocycles. The Morgan fingerprint density at radius 3 is 2.06 bits per heavy atom. The van der Waals surface area contributed by atoms with Crippen LogP contribution in [0.25, 0.3) is 11.1 Å². The maximum absolute atomic E-state index is 16.3. The molecular formula is C75H98ClN11O22. The number of aliphatic hydroxyl groups is 6. The number of carbonyl (C=O) groups is 9. The van der Waals surface area contributed by atoms with Crippen LogP contribution in [0.5, 0.6) is 40.2 Å². The van der Waals surface area contributed by atoms with Gasteiger partial charge in [0.15, 0.2) is 11.5 Å². The molecule has 2 saturated heterocycles. The van der Waals surface area contributed by atoms with Gasteiger partial charge in [-0.25, -0.2) is 4.79 Å². The van der Waals surface area contributed by atoms with E-state index in [1.807, 2.05) is 25.8 Å². The van der Waals surface area contributed by atoms with E-state index in [-0.39, 0.29) is 81.5 Å². The number of halogens is 1. The van der Waals surface area contributed by atoms with Crippen molar-refractivity contribution < 1.29 is 108 Å². The van der Waals surface area contributed by atoms with Crippen LogP contribution in [0.2, 0.25) is 0 Å². The molecule has 1 aliphatic carbocycles. The van der Waals surface area contributed by atoms with Crippen molar-refractivity contribution in [3.8, 4) is 51.4 Å². The van der Waals surface area contributed by atoms with E-state index in [0.717, 1.165) is 68.5 Å². The molecule has 34 heteroatoms. The molecule has 0 spiro atoms. The molecule has 6 aliphatic heterocycles. The minimum atomic E-state index is -2.32. The number of rotatable bonds is 23. The second kappa shape index (κ2) is 37.7. The Morgan fingerprint density at radius 1 is 0.734 bits per heavy atom. The number of hydrogen-bond acceptors (Lipinski definition) is 25. The number of phenols is 3. The molecular weight excluding hydrogens is 1440 g/mol. The van der Waals surface area contributed by atoms with Gasteiger partial charge in [-0.15, -0.1) is 0 Å². The number of fused-ring (bicyclic) bond motifs is 15. The Hall–Kier alpha value is -9.52. The summed E-state index contributed by atoms with van der Waals surface area (Å²) in [7, 11) is 4.83. The maximum atomic E-state index is 16.3. The van der Waals surface area contributed by atoms with Crippen LogP contribution in [0, 0.1) is 18.8 Å². The third-order valence-corrected chi connectivity index (χ3v) is 20.1. The Kier molecular flexibility index (Phi) is 28.9. The van der Waals surface area contributed by atoms with Crippen molar-refractivity contribution >= 4 is 65.3 Å². The number of phenolic OH excluding ortho intramolecular Hbond substituents is 3. The molecule has 0 unspecified atom stereocenters. The van der Waals surface area contributed by atoms with E-state index in [9.17, 15) is 69.9 Å². The molecule has 592 valence electrons. The average molecular weight is 1540 g/mol. The van der Waals surface area contributed by atoms with Crippen LogP contribution in [0.4, 0.5) is 4.79 Å². The standard InChI is InChI=1S/C75H98ClN11O22/c1-8-9-10-11-12-13-20-79-75(105)82-56(93)33-47-69(100)83-59-41-29-53(106-51-18-15-39(26-37(51)4)63(95)61(72(103)80-47)85-68(99)46(77-5)25-36(2)3)67(109-74-66(98)65(97)64(96)55(35-89)108-74)54(30-41)107-52-19-16-40(28-45(52)76)62(94)48(34-88)81-70(101)58(84-71(59)102)38-14-17-49(91)43(27-38)57-44(31-42(90)32-50(57)92)60(78-6)73(104)87-23-21-86(7)22-24-87/h14-15,17-19,26-32,34,36,40,46-48,55,58-66,74,77-78,89-92,94-98H,8-13,16,20-25,33,35H2,1-7H3,(H,80,103)(H,81,101)(H,83,100)(H,84,102)(H,85,99)(H2,79,82,93,105)/t40-,46+,47-,48+,55+,58+,59+,60-,61+,62+,63+,64+,65-,66+,74-/m0/s1. The highest BCUT2D eigenvalue weighted by molar-refractivity contribution is 6.31. The van der Waals surface area contributed by atoms with Crippen LogP contribution in [-0.4, -0.2) is 231 Å². The smallest absolute Gasteiger partial charge is 0.321 e. The van der Waals surface area contributed by atoms with E-state index >= 15 is 19.2 Å². The lowest BCUT2D eigenvalue weighted by Gasteiger charge is -2.40. The molecule has 15 atom stereocenters. The fraction of sp³-hybridized carbons (Fsp3) is 0.507. The second-order valence-corrected chi connectivity index (χ2v) is 28.6. The van der Waals surface area contributed by atoms with E-state index in [2.05, 4.69) is 54.8 Å². The third kappa shape index (κ3) is 20.3. The summed E-state index contributed by atoms with van der Waals surface area (Å²) in [5.41, 5.74) is -1.20. The zero-order valence-electron chi connectivity index (χ0n) is 61.5. The average Bonchev–Trinajstić information content (AvgIpc) is 0.772. The first kappa shape index (κ1) is 83.5. The molecule has 33 nitrogen and oxygen atoms in total. The van der Waals surface area contributed by atoms with Gasteiger partial charge in [0.1, 0.15) is 102 Å². The number of nitrogens with one attached hydrogen (secondary N) is 9. The van der Waals surface area contributed by atoms with E-state index in [1.54, 1.807) is 4.90 Å². The summed E-state index contributed by atoms with van der Waals surface area (Å²) in [6.07, 6.45) is -6.56. The van der Waals surface area contributed by atoms with Crippen LogP contribution < -0.4 is 62.1 Å². The van der Waals surface area contributed by atoms with Gasteiger partial charge in [-0.05, 0) is 130 Å². The first-order valence-corrected chi connectivity index (χ1v) is 36.7. The van der Waals surface area contributed by atoms with Crippen LogP contribution >= 0.6 is 11.6 Å². The summed E-state index contributed by atoms with van der Waals surface area (Å²) in [5, 5.41) is 126. The summed E-state index contributed by atoms with van der Waals surface area (Å²) >= 11 is 7.02. The Bertz CT molecular complexity index is 4060. The van der Waals surface area contributed by atoms with Crippen molar-refractivity contribution in [3.63, 3.8) is 0 Å². The Labute approximate surface area is 634 Å². The molecule has 0 radical (unpaired) electrons. The number of ether oxygens (including phenoxy) is 4. The first-order valence-electron chi connectivity index (χ1n) is 36.3. The quantitative estimate of drug-likeness (QED) is 0.0369. The van der Waals surface area contributed by atoms with E-state index < -0.39 is 192 Å². The molecule has 7 bridgehead atoms. The third-order valence-electron chi connectivity index (χ3n) is 19.7. The summed E-state index contributed by atoms with van der Waals surface area (Å²) in [6.45, 7) is 8.06. The van der Waals surface area contributed by atoms with Crippen molar-refractivity contribution in [3.05, 3.63) is 111 Å². The predicted molar refractivity (Wildman–Crippen MR) is 392 cm³/mol. The summed E-state index contributed by atoms with van der Waals surface area (Å²) in [6, 6.07) is -2.18. The van der Waals surface area contributed by atoms with Crippen LogP contribution in [0.1, 0.15) is 131 Å². The van der Waals surface area contributed by atoms with Crippen molar-refractivity contribution in [2.75, 3.05) is 60.5 Å². The van der Waals surface area contributed by atoms with Gasteiger partial charge >= 0.3 is 6.03 Å². The number of imide groups is 1. The van der Waals surface area contributed by atoms with Crippen LogP contribution in [0.3, 0.4) is 0 Å². The monoisotopic (exact) mass is 1540 g/mol. The van der Waals surface area contributed by atoms with Crippen LogP contribution in [-0.2, 0) is 43.1 Å². The number of piperazine rings is 1. The minimum Gasteiger partial charge on any atom is -0.508 e. The summed E-state index contributed by atoms with van der Waals surface area (Å²) < 4.78 is 25.5. The van der Waals surface area contributed by atoms with Crippen LogP contribution in [0.15, 0.2) is 83.6 Å². The van der Waals surface area contributed by atoms with E-state index in [4.69, 9.17) is 30.5 Å². The van der Waals surface area contributed by atoms with Gasteiger partial charge < -0.3 is 122 Å². The number of urea groups is 1. The minimum absolute atomic E-state index is 0.0322. The molecule has 2 fully saturated rings. The number of aldehydes is 1. The summed E-state index contributed by atoms with van der Waals surface area (Å²) in [5.74, 6) is -12.8. The highest BCUT2D eigenvalue weighted by Crippen LogP contribution is 2.48. The Balaban J connectivity index is 1.27. The predicted octanol–water partition coefficient (Wildman–Crippen LogP) is 1.49. The lowest BCUT2D eigenvalue weighted by Crippen LogP contribution is -2.60. The number of aliphatic hydroxyl groups excluding tert-OH is 6. The fourth-order valence-electron chi connectivity index (χ4n) is 13.6. The van der Waals surface area contributed by atoms with E-state index in [0.29, 0.717) is 32.6 Å². The number of carbonyl (C=O) groups excluding carboxylic acids is 9. The molecule has 18 N–H and O–H groups in total. The second-order valence-electron chi connectivity index (χ2n) is 28.2. The lowest BCUT2D eigenvalue weighted by molar-refractivity contribution is -0.277. The van der Waals surface area contributed by atoms with Crippen molar-refractivity contribution in [2.45, 2.75) is 171 Å². The highest BCUT2D eigenvalue weighted by Gasteiger charge is 2.47. The molecule has 109 heavy (non-hydrogen) atoms. The van der Waals surface area contributed by atoms with Gasteiger partial charge in [0.25, 0.3) is 0 Å². The zero-order valence-corrected chi connectivity index (χ0v) is 62.2. The van der Waals surface area contributed by atoms with E-state index in [1.165, 1.54) is 57.4 Å². The fourth-order valence-corrected chi connectivity index (χ4v) is 13.8. The largest absolute Gasteiger partial charge is 0.508 e. The molecule has 6 heterocycles. The number of unbranched alkanes of at least 4 members (excludes halogenated alkanes) is 5. The van der Waals surface area contributed by atoms with Gasteiger partial charge in [0, 0.05) is 55.8 Å². The first-order chi connectivity index (χ1) is 52.0. The van der Waals surface area contributed by atoms with Gasteiger partial charge in [-0.1, -0.05) is 82.7 Å². The van der Waals surface area contributed by atoms with Gasteiger partial charge in [0.05, 0.1) is 30.2 Å². The van der Waals surface area contributed by atoms with Crippen molar-refractivity contribution in [1.29, 1.82) is 0 Å². The topological polar surface area (TPSA) is 487 Å². The van der Waals surface area contributed by atoms with Gasteiger partial charge in [-0.2, -0.15) is 0 Å². The number of hydrogen-bond donors (Lipinski definition) is 18. The molecule has 4 aromatic rings. The zero-order chi connectivity index (χ0) is 79.2. The molecule has 0 aromatic heterocycles. The normalized spacial score (nSPS) is 25.4. The number of nitrogens with zero attached hydrogens (tertiary/aromatic N) is 2. The number of amides is 9. The van der Waals surface area contributed by atoms with Gasteiger partial charge in [0.2, 0.25) is 53.4 Å². The number of allylic oxidation sites excluding steroid dienone is 2. The SMILES string of the molecule is CCCCCCCCNC(=O)NC(=O)C[C@@H]1NC(=O)[C@H](NC(=O)[C@@H](CC(C)C)NC)[C@H](O)c2ccc(c(C)c2)Oc2cc3cc(c2O[C@@H]2O[C@H](CO)[C@@H](O)[C@H](O)[C@H]2O)OC2=CC[C@@H](C=C2Cl)[C@@H](O)[C@@H](C=O)NC(=O)[C@@H](c2ccc(O)c(-c4c(O)cc(O)cc4[C@H](NC)C(=O)N4CCN(C)CC4)c2)NC(=O)[C@@H]3NC1=O.